The third-order valence-corrected chi connectivity index (χ3v) is 4.97. The van der Waals surface area contributed by atoms with Gasteiger partial charge in [0.15, 0.2) is 5.82 Å². The van der Waals surface area contributed by atoms with Crippen molar-refractivity contribution in [2.24, 2.45) is 0 Å². The zero-order valence-electron chi connectivity index (χ0n) is 16.9. The van der Waals surface area contributed by atoms with Crippen molar-refractivity contribution < 1.29 is 9.47 Å². The van der Waals surface area contributed by atoms with E-state index in [2.05, 4.69) is 25.5 Å². The second-order valence-corrected chi connectivity index (χ2v) is 6.91. The van der Waals surface area contributed by atoms with Crippen molar-refractivity contribution in [2.75, 3.05) is 25.6 Å². The third-order valence-electron chi connectivity index (χ3n) is 4.97. The van der Waals surface area contributed by atoms with E-state index in [1.165, 1.54) is 6.33 Å². The summed E-state index contributed by atoms with van der Waals surface area (Å²) in [5.74, 6) is 2.20. The number of pyridine rings is 2. The summed E-state index contributed by atoms with van der Waals surface area (Å²) in [6.07, 6.45) is 5.13. The summed E-state index contributed by atoms with van der Waals surface area (Å²) in [6, 6.07) is 15.7. The number of nitrogens with zero attached hydrogens (tertiary/aromatic N) is 4. The highest BCUT2D eigenvalue weighted by atomic mass is 16.5. The summed E-state index contributed by atoms with van der Waals surface area (Å²) in [7, 11) is 1.65. The Balaban J connectivity index is 1.57. The minimum Gasteiger partial charge on any atom is -0.491 e. The van der Waals surface area contributed by atoms with Gasteiger partial charge in [-0.25, -0.2) is 9.97 Å². The molecule has 0 aliphatic carbocycles. The van der Waals surface area contributed by atoms with E-state index >= 15 is 0 Å². The van der Waals surface area contributed by atoms with Gasteiger partial charge in [-0.15, -0.1) is 0 Å². The summed E-state index contributed by atoms with van der Waals surface area (Å²) in [5.41, 5.74) is 2.61. The number of aromatic nitrogens is 5. The Morgan fingerprint density at radius 1 is 0.968 bits per heavy atom. The molecule has 0 fully saturated rings. The largest absolute Gasteiger partial charge is 0.491 e. The molecule has 8 heteroatoms. The molecule has 0 aliphatic rings. The molecule has 0 atom stereocenters. The van der Waals surface area contributed by atoms with Crippen LogP contribution in [0.25, 0.3) is 33.1 Å². The number of hydrogen-bond acceptors (Lipinski definition) is 7. The molecular formula is C23H20N6O2. The van der Waals surface area contributed by atoms with Gasteiger partial charge in [-0.3, -0.25) is 10.1 Å². The van der Waals surface area contributed by atoms with E-state index in [1.54, 1.807) is 13.3 Å². The van der Waals surface area contributed by atoms with Crippen LogP contribution in [0.15, 0.2) is 67.3 Å². The van der Waals surface area contributed by atoms with Crippen LogP contribution in [-0.2, 0) is 4.74 Å². The van der Waals surface area contributed by atoms with Gasteiger partial charge < -0.3 is 14.8 Å². The number of fused-ring (bicyclic) bond motifs is 3. The highest BCUT2D eigenvalue weighted by Crippen LogP contribution is 2.34. The maximum atomic E-state index is 5.64. The number of benzene rings is 2. The lowest BCUT2D eigenvalue weighted by Crippen LogP contribution is -2.04. The number of anilines is 2. The number of methoxy groups -OCH3 is 1. The second-order valence-electron chi connectivity index (χ2n) is 6.91. The van der Waals surface area contributed by atoms with E-state index < -0.39 is 0 Å². The van der Waals surface area contributed by atoms with E-state index in [-0.39, 0.29) is 0 Å². The Kier molecular flexibility index (Phi) is 5.12. The second kappa shape index (κ2) is 8.37. The Morgan fingerprint density at radius 3 is 2.68 bits per heavy atom. The van der Waals surface area contributed by atoms with Gasteiger partial charge in [0.05, 0.1) is 12.1 Å². The molecule has 154 valence electrons. The minimum absolute atomic E-state index is 0.511. The van der Waals surface area contributed by atoms with Gasteiger partial charge in [0.2, 0.25) is 0 Å². The standard InChI is InChI=1S/C23H20N6O2/c1-30-11-12-31-16-7-5-15(6-8-16)27-23-18-9-10-24-13-20(18)17-3-2-4-19(21(17)28-23)22-25-14-26-29-22/h2-10,13-14H,11-12H2,1H3,(H,27,28)(H,25,26,29). The van der Waals surface area contributed by atoms with Crippen molar-refractivity contribution in [3.8, 4) is 17.1 Å². The molecule has 5 aromatic rings. The fraction of sp³-hybridized carbons (Fsp3) is 0.130. The summed E-state index contributed by atoms with van der Waals surface area (Å²) in [6.45, 7) is 1.06. The normalized spacial score (nSPS) is 11.1. The molecule has 0 bridgehead atoms. The molecule has 0 aliphatic heterocycles. The molecule has 0 spiro atoms. The van der Waals surface area contributed by atoms with Gasteiger partial charge in [-0.2, -0.15) is 5.10 Å². The predicted octanol–water partition coefficient (Wildman–Crippen LogP) is 4.34. The van der Waals surface area contributed by atoms with Crippen LogP contribution in [0.2, 0.25) is 0 Å². The van der Waals surface area contributed by atoms with Crippen LogP contribution in [0.3, 0.4) is 0 Å². The molecule has 2 aromatic carbocycles. The molecule has 0 unspecified atom stereocenters. The average molecular weight is 412 g/mol. The number of aromatic amines is 1. The number of H-pyrrole nitrogens is 1. The predicted molar refractivity (Wildman–Crippen MR) is 120 cm³/mol. The molecule has 0 amide bonds. The van der Waals surface area contributed by atoms with E-state index in [0.29, 0.717) is 19.0 Å². The monoisotopic (exact) mass is 412 g/mol. The van der Waals surface area contributed by atoms with Crippen molar-refractivity contribution >= 4 is 33.2 Å². The smallest absolute Gasteiger partial charge is 0.157 e. The fourth-order valence-corrected chi connectivity index (χ4v) is 3.50. The molecular weight excluding hydrogens is 392 g/mol. The highest BCUT2D eigenvalue weighted by Gasteiger charge is 2.14. The maximum absolute atomic E-state index is 5.64. The summed E-state index contributed by atoms with van der Waals surface area (Å²) >= 11 is 0. The van der Waals surface area contributed by atoms with Gasteiger partial charge in [0.25, 0.3) is 0 Å². The third kappa shape index (κ3) is 3.76. The Bertz CT molecular complexity index is 1320. The lowest BCUT2D eigenvalue weighted by atomic mass is 10.0. The Morgan fingerprint density at radius 2 is 1.87 bits per heavy atom. The lowest BCUT2D eigenvalue weighted by Gasteiger charge is -2.13. The van der Waals surface area contributed by atoms with Gasteiger partial charge in [0.1, 0.15) is 24.5 Å². The van der Waals surface area contributed by atoms with Crippen molar-refractivity contribution in [1.29, 1.82) is 0 Å². The first-order chi connectivity index (χ1) is 15.3. The summed E-state index contributed by atoms with van der Waals surface area (Å²) in [4.78, 5) is 13.6. The number of rotatable bonds is 7. The van der Waals surface area contributed by atoms with Gasteiger partial charge in [-0.05, 0) is 36.4 Å². The number of hydrogen-bond donors (Lipinski definition) is 2. The summed E-state index contributed by atoms with van der Waals surface area (Å²) in [5, 5.41) is 13.3. The maximum Gasteiger partial charge on any atom is 0.157 e. The number of nitrogens with one attached hydrogen (secondary N) is 2. The minimum atomic E-state index is 0.511. The van der Waals surface area contributed by atoms with E-state index in [1.807, 2.05) is 54.7 Å². The van der Waals surface area contributed by atoms with E-state index in [0.717, 1.165) is 44.5 Å². The first-order valence-electron chi connectivity index (χ1n) is 9.84. The van der Waals surface area contributed by atoms with Crippen molar-refractivity contribution in [1.82, 2.24) is 25.1 Å². The van der Waals surface area contributed by atoms with Gasteiger partial charge in [-0.1, -0.05) is 12.1 Å². The van der Waals surface area contributed by atoms with Crippen molar-refractivity contribution in [3.63, 3.8) is 0 Å². The number of ether oxygens (including phenoxy) is 2. The van der Waals surface area contributed by atoms with Gasteiger partial charge in [0, 0.05) is 46.9 Å². The Hall–Kier alpha value is -4.04. The Labute approximate surface area is 178 Å². The van der Waals surface area contributed by atoms with Crippen molar-refractivity contribution in [3.05, 3.63) is 67.3 Å². The molecule has 0 saturated carbocycles. The fourth-order valence-electron chi connectivity index (χ4n) is 3.50. The van der Waals surface area contributed by atoms with E-state index in [9.17, 15) is 0 Å². The van der Waals surface area contributed by atoms with Gasteiger partial charge >= 0.3 is 0 Å². The van der Waals surface area contributed by atoms with Crippen molar-refractivity contribution in [2.45, 2.75) is 0 Å². The van der Waals surface area contributed by atoms with Crippen LogP contribution < -0.4 is 10.1 Å². The average Bonchev–Trinajstić information content (AvgIpc) is 3.35. The van der Waals surface area contributed by atoms with Crippen LogP contribution in [0, 0.1) is 0 Å². The lowest BCUT2D eigenvalue weighted by molar-refractivity contribution is 0.146. The molecule has 31 heavy (non-hydrogen) atoms. The van der Waals surface area contributed by atoms with Crippen LogP contribution in [0.5, 0.6) is 5.75 Å². The molecule has 0 saturated heterocycles. The molecule has 5 rings (SSSR count). The first kappa shape index (κ1) is 19.0. The first-order valence-corrected chi connectivity index (χ1v) is 9.84. The molecule has 3 heterocycles. The quantitative estimate of drug-likeness (QED) is 0.303. The van der Waals surface area contributed by atoms with Crippen LogP contribution >= 0.6 is 0 Å². The molecule has 3 aromatic heterocycles. The van der Waals surface area contributed by atoms with Crippen LogP contribution in [0.1, 0.15) is 0 Å². The molecule has 0 radical (unpaired) electrons. The summed E-state index contributed by atoms with van der Waals surface area (Å²) < 4.78 is 10.7. The van der Waals surface area contributed by atoms with Crippen LogP contribution in [-0.4, -0.2) is 45.5 Å². The zero-order valence-corrected chi connectivity index (χ0v) is 16.9. The highest BCUT2D eigenvalue weighted by molar-refractivity contribution is 6.13. The molecule has 2 N–H and O–H groups in total. The zero-order chi connectivity index (χ0) is 21.0. The SMILES string of the molecule is COCCOc1ccc(Nc2nc3c(-c4ncn[nH]4)cccc3c3cnccc23)cc1. The van der Waals surface area contributed by atoms with Crippen LogP contribution in [0.4, 0.5) is 11.5 Å². The van der Waals surface area contributed by atoms with E-state index in [4.69, 9.17) is 14.5 Å². The topological polar surface area (TPSA) is 97.8 Å². The molecule has 8 nitrogen and oxygen atoms in total. The number of para-hydroxylation sites is 1.